The lowest BCUT2D eigenvalue weighted by atomic mass is 9.78. The molecule has 31 heavy (non-hydrogen) atoms. The van der Waals surface area contributed by atoms with E-state index in [0.717, 1.165) is 29.7 Å². The van der Waals surface area contributed by atoms with Crippen LogP contribution >= 0.6 is 11.3 Å². The molecular weight excluding hydrogens is 406 g/mol. The SMILES string of the molecule is COc1c(-c2cc3c(s2)C(C)C2(CC3)CC2)ccc2c(=O)c(C(C)=O)cn(C3CC3)c12. The smallest absolute Gasteiger partial charge is 0.200 e. The number of carbonyl (C=O) groups is 1. The molecule has 5 heteroatoms. The van der Waals surface area contributed by atoms with Crippen LogP contribution in [0.1, 0.15) is 78.7 Å². The highest BCUT2D eigenvalue weighted by molar-refractivity contribution is 7.15. The lowest BCUT2D eigenvalue weighted by molar-refractivity contribution is 0.101. The van der Waals surface area contributed by atoms with E-state index >= 15 is 0 Å². The predicted molar refractivity (Wildman–Crippen MR) is 125 cm³/mol. The van der Waals surface area contributed by atoms with Crippen molar-refractivity contribution in [3.63, 3.8) is 0 Å². The first-order valence-electron chi connectivity index (χ1n) is 11.3. The maximum atomic E-state index is 13.1. The summed E-state index contributed by atoms with van der Waals surface area (Å²) < 4.78 is 8.08. The molecule has 3 aliphatic carbocycles. The molecule has 1 aromatic carbocycles. The topological polar surface area (TPSA) is 48.3 Å². The first-order chi connectivity index (χ1) is 14.9. The summed E-state index contributed by atoms with van der Waals surface area (Å²) in [4.78, 5) is 27.9. The first kappa shape index (κ1) is 19.3. The lowest BCUT2D eigenvalue weighted by Gasteiger charge is -2.28. The number of nitrogens with zero attached hydrogens (tertiary/aromatic N) is 1. The Balaban J connectivity index is 1.57. The molecule has 6 rings (SSSR count). The van der Waals surface area contributed by atoms with E-state index in [1.54, 1.807) is 13.3 Å². The van der Waals surface area contributed by atoms with Gasteiger partial charge in [-0.25, -0.2) is 0 Å². The van der Waals surface area contributed by atoms with Gasteiger partial charge in [-0.3, -0.25) is 9.59 Å². The quantitative estimate of drug-likeness (QED) is 0.467. The molecule has 0 saturated heterocycles. The van der Waals surface area contributed by atoms with E-state index in [0.29, 0.717) is 22.8 Å². The number of rotatable bonds is 4. The summed E-state index contributed by atoms with van der Waals surface area (Å²) in [5.74, 6) is 1.20. The Kier molecular flexibility index (Phi) is 4.08. The Morgan fingerprint density at radius 2 is 2.00 bits per heavy atom. The molecule has 160 valence electrons. The molecule has 2 fully saturated rings. The number of carbonyl (C=O) groups excluding carboxylic acids is 1. The maximum Gasteiger partial charge on any atom is 0.200 e. The van der Waals surface area contributed by atoms with E-state index in [9.17, 15) is 9.59 Å². The van der Waals surface area contributed by atoms with Gasteiger partial charge >= 0.3 is 0 Å². The summed E-state index contributed by atoms with van der Waals surface area (Å²) in [5, 5.41) is 0.576. The van der Waals surface area contributed by atoms with Gasteiger partial charge in [0.05, 0.1) is 23.6 Å². The molecule has 0 aliphatic heterocycles. The third-order valence-electron chi connectivity index (χ3n) is 7.87. The van der Waals surface area contributed by atoms with Gasteiger partial charge in [-0.2, -0.15) is 0 Å². The van der Waals surface area contributed by atoms with E-state index in [-0.39, 0.29) is 16.8 Å². The second kappa shape index (κ2) is 6.55. The molecule has 1 spiro atoms. The molecule has 0 radical (unpaired) electrons. The number of hydrogen-bond acceptors (Lipinski definition) is 4. The molecular formula is C26H27NO3S. The summed E-state index contributed by atoms with van der Waals surface area (Å²) in [6.45, 7) is 3.87. The average molecular weight is 434 g/mol. The van der Waals surface area contributed by atoms with Crippen LogP contribution in [0.4, 0.5) is 0 Å². The van der Waals surface area contributed by atoms with Crippen molar-refractivity contribution in [2.75, 3.05) is 7.11 Å². The number of aromatic nitrogens is 1. The van der Waals surface area contributed by atoms with Crippen LogP contribution in [-0.2, 0) is 6.42 Å². The highest BCUT2D eigenvalue weighted by Gasteiger charge is 2.50. The van der Waals surface area contributed by atoms with Gasteiger partial charge < -0.3 is 9.30 Å². The fourth-order valence-electron chi connectivity index (χ4n) is 5.57. The van der Waals surface area contributed by atoms with Gasteiger partial charge in [0.15, 0.2) is 17.0 Å². The molecule has 0 N–H and O–H groups in total. The maximum absolute atomic E-state index is 13.1. The number of pyridine rings is 1. The molecule has 2 saturated carbocycles. The number of ketones is 1. The number of benzene rings is 1. The molecule has 2 aromatic heterocycles. The van der Waals surface area contributed by atoms with Crippen molar-refractivity contribution in [3.05, 3.63) is 50.6 Å². The number of Topliss-reactive ketones (excluding diaryl/α,β-unsaturated/α-hetero) is 1. The van der Waals surface area contributed by atoms with Gasteiger partial charge in [0.1, 0.15) is 0 Å². The first-order valence-corrected chi connectivity index (χ1v) is 12.1. The van der Waals surface area contributed by atoms with Gasteiger partial charge in [0.2, 0.25) is 0 Å². The van der Waals surface area contributed by atoms with Crippen LogP contribution in [-0.4, -0.2) is 17.5 Å². The zero-order chi connectivity index (χ0) is 21.5. The molecule has 0 amide bonds. The zero-order valence-corrected chi connectivity index (χ0v) is 19.1. The Labute approximate surface area is 185 Å². The summed E-state index contributed by atoms with van der Waals surface area (Å²) in [5.41, 5.74) is 3.99. The van der Waals surface area contributed by atoms with E-state index in [4.69, 9.17) is 4.74 Å². The van der Waals surface area contributed by atoms with E-state index in [1.807, 2.05) is 23.5 Å². The van der Waals surface area contributed by atoms with Crippen molar-refractivity contribution in [1.82, 2.24) is 4.57 Å². The number of ether oxygens (including phenoxy) is 1. The lowest BCUT2D eigenvalue weighted by Crippen LogP contribution is -2.18. The van der Waals surface area contributed by atoms with Gasteiger partial charge in [0.25, 0.3) is 0 Å². The summed E-state index contributed by atoms with van der Waals surface area (Å²) in [7, 11) is 1.69. The van der Waals surface area contributed by atoms with Gasteiger partial charge in [0, 0.05) is 27.6 Å². The van der Waals surface area contributed by atoms with Crippen LogP contribution in [0.2, 0.25) is 0 Å². The van der Waals surface area contributed by atoms with Crippen molar-refractivity contribution >= 4 is 28.0 Å². The summed E-state index contributed by atoms with van der Waals surface area (Å²) in [6.07, 6.45) is 9.10. The normalized spacial score (nSPS) is 21.3. The van der Waals surface area contributed by atoms with Crippen LogP contribution in [0.25, 0.3) is 21.3 Å². The second-order valence-corrected chi connectivity index (χ2v) is 10.8. The molecule has 2 heterocycles. The van der Waals surface area contributed by atoms with Crippen LogP contribution < -0.4 is 10.2 Å². The third kappa shape index (κ3) is 2.78. The van der Waals surface area contributed by atoms with E-state index in [2.05, 4.69) is 17.6 Å². The van der Waals surface area contributed by atoms with Crippen LogP contribution in [0.3, 0.4) is 0 Å². The van der Waals surface area contributed by atoms with Crippen molar-refractivity contribution in [3.8, 4) is 16.2 Å². The highest BCUT2D eigenvalue weighted by Crippen LogP contribution is 2.63. The van der Waals surface area contributed by atoms with Crippen molar-refractivity contribution in [2.24, 2.45) is 5.41 Å². The number of hydrogen-bond donors (Lipinski definition) is 0. The molecule has 4 nitrogen and oxygen atoms in total. The van der Waals surface area contributed by atoms with Crippen LogP contribution in [0.15, 0.2) is 29.2 Å². The fraction of sp³-hybridized carbons (Fsp3) is 0.462. The Morgan fingerprint density at radius 3 is 2.65 bits per heavy atom. The minimum atomic E-state index is -0.195. The standard InChI is InChI=1S/C26H27NO3S/c1-14-25-16(8-9-26(14)10-11-26)12-21(31-25)18-6-7-19-22(24(18)30-3)27(17-4-5-17)13-20(15(2)28)23(19)29/h6-7,12-14,17H,4-5,8-11H2,1-3H3. The zero-order valence-electron chi connectivity index (χ0n) is 18.3. The minimum Gasteiger partial charge on any atom is -0.494 e. The van der Waals surface area contributed by atoms with Gasteiger partial charge in [-0.1, -0.05) is 6.92 Å². The van der Waals surface area contributed by atoms with Crippen molar-refractivity contribution in [2.45, 2.75) is 64.3 Å². The molecule has 1 atom stereocenters. The monoisotopic (exact) mass is 433 g/mol. The van der Waals surface area contributed by atoms with Crippen molar-refractivity contribution in [1.29, 1.82) is 0 Å². The molecule has 1 unspecified atom stereocenters. The molecule has 3 aliphatic rings. The number of aryl methyl sites for hydroxylation is 1. The third-order valence-corrected chi connectivity index (χ3v) is 9.27. The largest absolute Gasteiger partial charge is 0.494 e. The van der Waals surface area contributed by atoms with Crippen molar-refractivity contribution < 1.29 is 9.53 Å². The van der Waals surface area contributed by atoms with Gasteiger partial charge in [-0.05, 0) is 80.5 Å². The van der Waals surface area contributed by atoms with Gasteiger partial charge in [-0.15, -0.1) is 11.3 Å². The highest BCUT2D eigenvalue weighted by atomic mass is 32.1. The Hall–Kier alpha value is -2.40. The summed E-state index contributed by atoms with van der Waals surface area (Å²) in [6, 6.07) is 6.58. The number of methoxy groups -OCH3 is 1. The summed E-state index contributed by atoms with van der Waals surface area (Å²) >= 11 is 1.90. The second-order valence-electron chi connectivity index (χ2n) is 9.69. The molecule has 0 bridgehead atoms. The Morgan fingerprint density at radius 1 is 1.23 bits per heavy atom. The fourth-order valence-corrected chi connectivity index (χ4v) is 7.00. The van der Waals surface area contributed by atoms with E-state index < -0.39 is 0 Å². The van der Waals surface area contributed by atoms with E-state index in [1.165, 1.54) is 47.9 Å². The minimum absolute atomic E-state index is 0.182. The molecule has 3 aromatic rings. The predicted octanol–water partition coefficient (Wildman–Crippen LogP) is 6.11. The number of fused-ring (bicyclic) bond motifs is 2. The van der Waals surface area contributed by atoms with Crippen LogP contribution in [0.5, 0.6) is 5.75 Å². The average Bonchev–Trinajstić information content (AvgIpc) is 3.69. The number of thiophene rings is 1. The van der Waals surface area contributed by atoms with Crippen LogP contribution in [0, 0.1) is 5.41 Å². The Bertz CT molecular complexity index is 1310.